The molecule has 1 aromatic rings. The molecular formula is C22H35N5O5S. The van der Waals surface area contributed by atoms with E-state index in [1.165, 1.54) is 4.31 Å². The minimum absolute atomic E-state index is 0.0204. The van der Waals surface area contributed by atoms with Crippen molar-refractivity contribution in [2.75, 3.05) is 79.2 Å². The van der Waals surface area contributed by atoms with Crippen molar-refractivity contribution >= 4 is 21.8 Å². The average Bonchev–Trinajstić information content (AvgIpc) is 2.84. The minimum atomic E-state index is -3.54. The predicted molar refractivity (Wildman–Crippen MR) is 124 cm³/mol. The van der Waals surface area contributed by atoms with E-state index < -0.39 is 10.0 Å². The van der Waals surface area contributed by atoms with Crippen LogP contribution in [0, 0.1) is 0 Å². The molecule has 0 spiro atoms. The molecule has 11 heteroatoms. The second kappa shape index (κ2) is 11.9. The fourth-order valence-corrected chi connectivity index (χ4v) is 5.61. The van der Waals surface area contributed by atoms with Crippen molar-refractivity contribution in [1.82, 2.24) is 24.3 Å². The summed E-state index contributed by atoms with van der Waals surface area (Å²) in [6, 6.07) is 8.12. The number of amides is 2. The van der Waals surface area contributed by atoms with Crippen molar-refractivity contribution in [1.29, 1.82) is 0 Å². The smallest absolute Gasteiger partial charge is 0.243 e. The molecule has 2 amide bonds. The van der Waals surface area contributed by atoms with E-state index in [0.717, 1.165) is 13.1 Å². The van der Waals surface area contributed by atoms with E-state index in [2.05, 4.69) is 15.1 Å². The first-order valence-corrected chi connectivity index (χ1v) is 12.8. The minimum Gasteiger partial charge on any atom is -0.383 e. The molecule has 2 aliphatic rings. The summed E-state index contributed by atoms with van der Waals surface area (Å²) in [5.74, 6) is 0.00506. The SMILES string of the molecule is COCCNC(=O)CN1CCN(C(C)C(=O)N2CCN(S(=O)(=O)c3ccccc3)CC2)CC1. The average molecular weight is 482 g/mol. The number of carbonyl (C=O) groups is 2. The van der Waals surface area contributed by atoms with Gasteiger partial charge in [0.25, 0.3) is 0 Å². The Bertz CT molecular complexity index is 882. The first kappa shape index (κ1) is 25.6. The first-order valence-electron chi connectivity index (χ1n) is 11.4. The summed E-state index contributed by atoms with van der Waals surface area (Å²) >= 11 is 0. The van der Waals surface area contributed by atoms with Gasteiger partial charge in [0.05, 0.1) is 24.1 Å². The lowest BCUT2D eigenvalue weighted by molar-refractivity contribution is -0.138. The Kier molecular flexibility index (Phi) is 9.21. The number of piperazine rings is 2. The lowest BCUT2D eigenvalue weighted by atomic mass is 10.2. The van der Waals surface area contributed by atoms with E-state index in [1.807, 2.05) is 6.92 Å². The normalized spacial score (nSPS) is 19.9. The number of nitrogens with one attached hydrogen (secondary N) is 1. The predicted octanol–water partition coefficient (Wildman–Crippen LogP) is -0.712. The molecule has 1 aromatic carbocycles. The fourth-order valence-electron chi connectivity index (χ4n) is 4.17. The lowest BCUT2D eigenvalue weighted by Crippen LogP contribution is -2.58. The van der Waals surface area contributed by atoms with Crippen LogP contribution in [0.15, 0.2) is 35.2 Å². The number of sulfonamides is 1. The number of hydrogen-bond acceptors (Lipinski definition) is 7. The van der Waals surface area contributed by atoms with Gasteiger partial charge in [0.1, 0.15) is 0 Å². The second-order valence-corrected chi connectivity index (χ2v) is 10.3. The molecule has 2 saturated heterocycles. The molecule has 184 valence electrons. The zero-order chi connectivity index (χ0) is 23.8. The molecule has 2 fully saturated rings. The van der Waals surface area contributed by atoms with Crippen LogP contribution in [-0.4, -0.2) is 124 Å². The highest BCUT2D eigenvalue weighted by atomic mass is 32.2. The summed E-state index contributed by atoms with van der Waals surface area (Å²) in [6.07, 6.45) is 0. The Balaban J connectivity index is 1.43. The number of ether oxygens (including phenoxy) is 1. The summed E-state index contributed by atoms with van der Waals surface area (Å²) < 4.78 is 32.0. The van der Waals surface area contributed by atoms with Gasteiger partial charge in [0.15, 0.2) is 0 Å². The van der Waals surface area contributed by atoms with Crippen molar-refractivity contribution in [3.05, 3.63) is 30.3 Å². The Morgan fingerprint density at radius 2 is 1.64 bits per heavy atom. The van der Waals surface area contributed by atoms with Gasteiger partial charge in [-0.05, 0) is 19.1 Å². The number of carbonyl (C=O) groups excluding carboxylic acids is 2. The molecule has 0 saturated carbocycles. The largest absolute Gasteiger partial charge is 0.383 e. The first-order chi connectivity index (χ1) is 15.8. The fraction of sp³-hybridized carbons (Fsp3) is 0.636. The summed E-state index contributed by atoms with van der Waals surface area (Å²) in [5.41, 5.74) is 0. The standard InChI is InChI=1S/C22H35N5O5S/c1-19(25-11-9-24(10-12-25)18-21(28)23-8-17-32-2)22(29)26-13-15-27(16-14-26)33(30,31)20-6-4-3-5-7-20/h3-7,19H,8-18H2,1-2H3,(H,23,28). The van der Waals surface area contributed by atoms with E-state index in [-0.39, 0.29) is 22.8 Å². The quantitative estimate of drug-likeness (QED) is 0.465. The van der Waals surface area contributed by atoms with Gasteiger partial charge in [-0.3, -0.25) is 19.4 Å². The lowest BCUT2D eigenvalue weighted by Gasteiger charge is -2.40. The topological polar surface area (TPSA) is 102 Å². The van der Waals surface area contributed by atoms with Gasteiger partial charge in [-0.2, -0.15) is 4.31 Å². The molecule has 10 nitrogen and oxygen atoms in total. The van der Waals surface area contributed by atoms with Gasteiger partial charge in [-0.25, -0.2) is 8.42 Å². The Hall–Kier alpha value is -2.05. The molecule has 0 radical (unpaired) electrons. The highest BCUT2D eigenvalue weighted by molar-refractivity contribution is 7.89. The van der Waals surface area contributed by atoms with Gasteiger partial charge in [0.2, 0.25) is 21.8 Å². The maximum atomic E-state index is 13.1. The zero-order valence-electron chi connectivity index (χ0n) is 19.5. The Morgan fingerprint density at radius 1 is 1.00 bits per heavy atom. The molecule has 1 atom stereocenters. The van der Waals surface area contributed by atoms with Crippen LogP contribution in [0.1, 0.15) is 6.92 Å². The van der Waals surface area contributed by atoms with Crippen LogP contribution in [-0.2, 0) is 24.3 Å². The van der Waals surface area contributed by atoms with Crippen molar-refractivity contribution in [2.45, 2.75) is 17.9 Å². The number of rotatable bonds is 9. The van der Waals surface area contributed by atoms with Crippen LogP contribution in [0.2, 0.25) is 0 Å². The highest BCUT2D eigenvalue weighted by Gasteiger charge is 2.33. The van der Waals surface area contributed by atoms with Gasteiger partial charge in [0, 0.05) is 66.0 Å². The van der Waals surface area contributed by atoms with Crippen LogP contribution in [0.3, 0.4) is 0 Å². The third-order valence-electron chi connectivity index (χ3n) is 6.24. The molecule has 1 unspecified atom stereocenters. The summed E-state index contributed by atoms with van der Waals surface area (Å²) in [4.78, 5) is 31.3. The van der Waals surface area contributed by atoms with E-state index in [4.69, 9.17) is 4.74 Å². The third-order valence-corrected chi connectivity index (χ3v) is 8.15. The van der Waals surface area contributed by atoms with Crippen LogP contribution >= 0.6 is 0 Å². The van der Waals surface area contributed by atoms with E-state index in [9.17, 15) is 18.0 Å². The van der Waals surface area contributed by atoms with Crippen molar-refractivity contribution < 1.29 is 22.7 Å². The molecule has 0 bridgehead atoms. The summed E-state index contributed by atoms with van der Waals surface area (Å²) in [7, 11) is -1.94. The van der Waals surface area contributed by atoms with Gasteiger partial charge >= 0.3 is 0 Å². The van der Waals surface area contributed by atoms with E-state index >= 15 is 0 Å². The van der Waals surface area contributed by atoms with E-state index in [1.54, 1.807) is 42.3 Å². The van der Waals surface area contributed by atoms with E-state index in [0.29, 0.717) is 59.0 Å². The summed E-state index contributed by atoms with van der Waals surface area (Å²) in [6.45, 7) is 7.46. The van der Waals surface area contributed by atoms with Crippen LogP contribution < -0.4 is 5.32 Å². The van der Waals surface area contributed by atoms with Gasteiger partial charge in [-0.1, -0.05) is 18.2 Å². The number of methoxy groups -OCH3 is 1. The van der Waals surface area contributed by atoms with Crippen LogP contribution in [0.5, 0.6) is 0 Å². The van der Waals surface area contributed by atoms with Crippen molar-refractivity contribution in [3.8, 4) is 0 Å². The number of hydrogen-bond donors (Lipinski definition) is 1. The monoisotopic (exact) mass is 481 g/mol. The summed E-state index contributed by atoms with van der Waals surface area (Å²) in [5, 5.41) is 2.82. The molecule has 2 aliphatic heterocycles. The maximum absolute atomic E-state index is 13.1. The van der Waals surface area contributed by atoms with Gasteiger partial charge < -0.3 is 15.0 Å². The van der Waals surface area contributed by atoms with Crippen molar-refractivity contribution in [3.63, 3.8) is 0 Å². The number of benzene rings is 1. The molecule has 3 rings (SSSR count). The molecule has 0 aromatic heterocycles. The van der Waals surface area contributed by atoms with Crippen LogP contribution in [0.25, 0.3) is 0 Å². The van der Waals surface area contributed by atoms with Crippen molar-refractivity contribution in [2.24, 2.45) is 0 Å². The Morgan fingerprint density at radius 3 is 2.24 bits per heavy atom. The van der Waals surface area contributed by atoms with Crippen LogP contribution in [0.4, 0.5) is 0 Å². The molecule has 0 aliphatic carbocycles. The molecule has 2 heterocycles. The highest BCUT2D eigenvalue weighted by Crippen LogP contribution is 2.18. The second-order valence-electron chi connectivity index (χ2n) is 8.37. The van der Waals surface area contributed by atoms with Gasteiger partial charge in [-0.15, -0.1) is 0 Å². The third kappa shape index (κ3) is 6.73. The zero-order valence-corrected chi connectivity index (χ0v) is 20.3. The molecular weight excluding hydrogens is 446 g/mol. The molecule has 33 heavy (non-hydrogen) atoms. The Labute approximate surface area is 196 Å². The number of nitrogens with zero attached hydrogens (tertiary/aromatic N) is 4. The maximum Gasteiger partial charge on any atom is 0.243 e. The molecule has 1 N–H and O–H groups in total.